The smallest absolute Gasteiger partial charge is 0.319 e. The zero-order valence-electron chi connectivity index (χ0n) is 32.8. The van der Waals surface area contributed by atoms with Crippen LogP contribution in [0.3, 0.4) is 0 Å². The number of hydrogen-bond donors (Lipinski definition) is 0. The third kappa shape index (κ3) is 12.1. The molecule has 280 valence electrons. The van der Waals surface area contributed by atoms with E-state index in [1.807, 2.05) is 0 Å². The van der Waals surface area contributed by atoms with Gasteiger partial charge in [0.1, 0.15) is 23.1 Å². The molecule has 1 aliphatic heterocycles. The Hall–Kier alpha value is 0.618. The van der Waals surface area contributed by atoms with Crippen molar-refractivity contribution in [2.45, 2.75) is 204 Å². The number of ether oxygens (including phenoxy) is 2. The predicted octanol–water partition coefficient (Wildman–Crippen LogP) is 10.7. The van der Waals surface area contributed by atoms with E-state index < -0.39 is 33.3 Å². The molecule has 0 radical (unpaired) electrons. The van der Waals surface area contributed by atoms with Gasteiger partial charge in [-0.15, -0.1) is 0 Å². The van der Waals surface area contributed by atoms with E-state index in [-0.39, 0.29) is 47.9 Å². The van der Waals surface area contributed by atoms with Crippen LogP contribution in [-0.2, 0) is 32.0 Å². The lowest BCUT2D eigenvalue weighted by atomic mass is 9.94. The standard InChI is InChI=1S/C35H75BrO7Si4/c1-14-44(15-2,16-3)39-28-31-33(42-46(20-7,21-8)22-9)34(43-47(23-10,24-11)25-12)32(41-45(17-4,18-5)19-6)30(40-31)26-27-38-35(37)29(13)36/h29-34H,14-28H2,1-13H3/t29?,30-,31-,32-,33-,34-/m1/s1. The molecule has 1 rings (SSSR count). The molecule has 0 spiro atoms. The Bertz CT molecular complexity index is 834. The number of rotatable bonds is 25. The van der Waals surface area contributed by atoms with Crippen molar-refractivity contribution in [1.29, 1.82) is 0 Å². The summed E-state index contributed by atoms with van der Waals surface area (Å²) in [6, 6.07) is 12.7. The maximum Gasteiger partial charge on any atom is 0.319 e. The lowest BCUT2D eigenvalue weighted by molar-refractivity contribution is -0.218. The Labute approximate surface area is 303 Å². The Morgan fingerprint density at radius 2 is 0.915 bits per heavy atom. The second-order valence-corrected chi connectivity index (χ2v) is 34.1. The first-order valence-electron chi connectivity index (χ1n) is 19.4. The lowest BCUT2D eigenvalue weighted by Crippen LogP contribution is -2.67. The van der Waals surface area contributed by atoms with Crippen LogP contribution in [-0.4, -0.2) is 87.8 Å². The second kappa shape index (κ2) is 21.9. The van der Waals surface area contributed by atoms with E-state index in [2.05, 4.69) is 99.0 Å². The molecule has 47 heavy (non-hydrogen) atoms. The van der Waals surface area contributed by atoms with Crippen molar-refractivity contribution < 1.29 is 32.0 Å². The molecule has 0 aliphatic carbocycles. The molecular formula is C35H75BrO7Si4. The van der Waals surface area contributed by atoms with E-state index in [4.69, 9.17) is 27.2 Å². The fraction of sp³-hybridized carbons (Fsp3) is 0.971. The first-order chi connectivity index (χ1) is 22.3. The summed E-state index contributed by atoms with van der Waals surface area (Å²) in [5, 5.41) is 0. The van der Waals surface area contributed by atoms with E-state index in [0.29, 0.717) is 13.0 Å². The molecule has 0 saturated carbocycles. The number of halogens is 1. The van der Waals surface area contributed by atoms with Gasteiger partial charge in [-0.1, -0.05) is 99.0 Å². The molecule has 0 bridgehead atoms. The Kier molecular flexibility index (Phi) is 21.2. The number of esters is 1. The quantitative estimate of drug-likeness (QED) is 0.0517. The Morgan fingerprint density at radius 1 is 0.574 bits per heavy atom. The van der Waals surface area contributed by atoms with Crippen LogP contribution >= 0.6 is 15.9 Å². The summed E-state index contributed by atoms with van der Waals surface area (Å²) in [6.07, 6.45) is -0.825. The van der Waals surface area contributed by atoms with Crippen LogP contribution < -0.4 is 0 Å². The topological polar surface area (TPSA) is 72.5 Å². The van der Waals surface area contributed by atoms with Gasteiger partial charge in [0.25, 0.3) is 0 Å². The minimum Gasteiger partial charge on any atom is -0.465 e. The minimum atomic E-state index is -2.11. The van der Waals surface area contributed by atoms with E-state index in [9.17, 15) is 4.79 Å². The highest BCUT2D eigenvalue weighted by Gasteiger charge is 2.54. The van der Waals surface area contributed by atoms with Gasteiger partial charge in [0, 0.05) is 6.42 Å². The summed E-state index contributed by atoms with van der Waals surface area (Å²) < 4.78 is 42.7. The fourth-order valence-electron chi connectivity index (χ4n) is 7.35. The summed E-state index contributed by atoms with van der Waals surface area (Å²) in [7, 11) is -8.21. The highest BCUT2D eigenvalue weighted by molar-refractivity contribution is 9.10. The third-order valence-corrected chi connectivity index (χ3v) is 31.1. The zero-order valence-corrected chi connectivity index (χ0v) is 38.4. The van der Waals surface area contributed by atoms with Crippen molar-refractivity contribution in [2.24, 2.45) is 0 Å². The van der Waals surface area contributed by atoms with Gasteiger partial charge >= 0.3 is 5.97 Å². The average molecular weight is 800 g/mol. The summed E-state index contributed by atoms with van der Waals surface area (Å²) in [5.41, 5.74) is 0. The number of carbonyl (C=O) groups is 1. The van der Waals surface area contributed by atoms with E-state index in [1.165, 1.54) is 0 Å². The summed E-state index contributed by atoms with van der Waals surface area (Å²) in [5.74, 6) is -0.254. The molecule has 0 aromatic rings. The lowest BCUT2D eigenvalue weighted by Gasteiger charge is -2.53. The van der Waals surface area contributed by atoms with Crippen LogP contribution in [0.25, 0.3) is 0 Å². The summed E-state index contributed by atoms with van der Waals surface area (Å²) in [4.78, 5) is 12.1. The minimum absolute atomic E-state index is 0.254. The Morgan fingerprint density at radius 3 is 1.26 bits per heavy atom. The van der Waals surface area contributed by atoms with Crippen LogP contribution in [0.2, 0.25) is 72.5 Å². The molecule has 6 atom stereocenters. The van der Waals surface area contributed by atoms with Crippen LogP contribution in [0.4, 0.5) is 0 Å². The second-order valence-electron chi connectivity index (χ2n) is 13.8. The van der Waals surface area contributed by atoms with Crippen molar-refractivity contribution in [2.75, 3.05) is 13.2 Å². The van der Waals surface area contributed by atoms with E-state index in [0.717, 1.165) is 72.5 Å². The van der Waals surface area contributed by atoms with Crippen molar-refractivity contribution >= 4 is 55.2 Å². The van der Waals surface area contributed by atoms with Gasteiger partial charge in [0.05, 0.1) is 25.4 Å². The molecule has 1 saturated heterocycles. The summed E-state index contributed by atoms with van der Waals surface area (Å²) >= 11 is 3.37. The molecule has 12 heteroatoms. The Balaban J connectivity index is 3.96. The van der Waals surface area contributed by atoms with Gasteiger partial charge in [0.15, 0.2) is 33.3 Å². The molecule has 0 N–H and O–H groups in total. The van der Waals surface area contributed by atoms with Crippen LogP contribution in [0, 0.1) is 0 Å². The zero-order chi connectivity index (χ0) is 35.9. The fourth-order valence-corrected chi connectivity index (χ4v) is 18.7. The average Bonchev–Trinajstić information content (AvgIpc) is 3.11. The molecule has 7 nitrogen and oxygen atoms in total. The largest absolute Gasteiger partial charge is 0.465 e. The maximum atomic E-state index is 12.5. The molecule has 0 aromatic carbocycles. The first-order valence-corrected chi connectivity index (χ1v) is 30.5. The number of hydrogen-bond acceptors (Lipinski definition) is 7. The van der Waals surface area contributed by atoms with Crippen molar-refractivity contribution in [3.05, 3.63) is 0 Å². The molecule has 1 heterocycles. The van der Waals surface area contributed by atoms with Gasteiger partial charge < -0.3 is 27.2 Å². The van der Waals surface area contributed by atoms with Crippen LogP contribution in [0.15, 0.2) is 0 Å². The third-order valence-electron chi connectivity index (χ3n) is 12.1. The summed E-state index contributed by atoms with van der Waals surface area (Å²) in [6.45, 7) is 30.1. The molecule has 0 amide bonds. The SMILES string of the molecule is CC[Si](CC)(CC)OC[C@H]1O[C@H](CCOC(=O)C(C)Br)[C@@H](O[Si](CC)(CC)CC)[C@@H](O[Si](CC)(CC)CC)[C@@H]1O[Si](CC)(CC)CC. The molecule has 1 fully saturated rings. The molecule has 1 aliphatic rings. The molecular weight excluding hydrogens is 725 g/mol. The first kappa shape index (κ1) is 45.6. The number of alkyl halides is 1. The molecule has 0 aromatic heterocycles. The molecule has 1 unspecified atom stereocenters. The predicted molar refractivity (Wildman–Crippen MR) is 212 cm³/mol. The maximum absolute atomic E-state index is 12.5. The van der Waals surface area contributed by atoms with Gasteiger partial charge in [-0.05, 0) is 79.5 Å². The monoisotopic (exact) mass is 798 g/mol. The van der Waals surface area contributed by atoms with E-state index >= 15 is 0 Å². The van der Waals surface area contributed by atoms with Gasteiger partial charge in [-0.3, -0.25) is 4.79 Å². The van der Waals surface area contributed by atoms with Crippen molar-refractivity contribution in [1.82, 2.24) is 0 Å². The number of carbonyl (C=O) groups excluding carboxylic acids is 1. The van der Waals surface area contributed by atoms with Crippen LogP contribution in [0.1, 0.15) is 96.4 Å². The van der Waals surface area contributed by atoms with Gasteiger partial charge in [0.2, 0.25) is 0 Å². The van der Waals surface area contributed by atoms with Crippen LogP contribution in [0.5, 0.6) is 0 Å². The van der Waals surface area contributed by atoms with Crippen molar-refractivity contribution in [3.8, 4) is 0 Å². The highest BCUT2D eigenvalue weighted by atomic mass is 79.9. The van der Waals surface area contributed by atoms with Gasteiger partial charge in [-0.25, -0.2) is 0 Å². The van der Waals surface area contributed by atoms with E-state index in [1.54, 1.807) is 6.92 Å². The highest BCUT2D eigenvalue weighted by Crippen LogP contribution is 2.40. The van der Waals surface area contributed by atoms with Gasteiger partial charge in [-0.2, -0.15) is 0 Å². The van der Waals surface area contributed by atoms with Crippen molar-refractivity contribution in [3.63, 3.8) is 0 Å². The normalized spacial score (nSPS) is 23.6.